The summed E-state index contributed by atoms with van der Waals surface area (Å²) in [5, 5.41) is 8.02. The zero-order chi connectivity index (χ0) is 12.4. The highest BCUT2D eigenvalue weighted by Gasteiger charge is 2.25. The van der Waals surface area contributed by atoms with Crippen molar-refractivity contribution in [1.29, 1.82) is 0 Å². The third-order valence-electron chi connectivity index (χ3n) is 3.91. The van der Waals surface area contributed by atoms with Gasteiger partial charge >= 0.3 is 0 Å². The zero-order valence-electron chi connectivity index (χ0n) is 11.5. The van der Waals surface area contributed by atoms with Crippen molar-refractivity contribution < 1.29 is 0 Å². The molecule has 1 fully saturated rings. The van der Waals surface area contributed by atoms with Crippen molar-refractivity contribution in [2.75, 3.05) is 5.32 Å². The minimum Gasteiger partial charge on any atom is -0.380 e. The summed E-state index contributed by atoms with van der Waals surface area (Å²) < 4.78 is 2.01. The highest BCUT2D eigenvalue weighted by molar-refractivity contribution is 5.39. The monoisotopic (exact) mass is 235 g/mol. The van der Waals surface area contributed by atoms with Gasteiger partial charge in [-0.2, -0.15) is 5.10 Å². The van der Waals surface area contributed by atoms with Crippen LogP contribution in [-0.4, -0.2) is 15.8 Å². The molecule has 3 heteroatoms. The fraction of sp³-hybridized carbons (Fsp3) is 0.786. The lowest BCUT2D eigenvalue weighted by Crippen LogP contribution is -2.32. The molecule has 3 atom stereocenters. The Labute approximate surface area is 105 Å². The van der Waals surface area contributed by atoms with E-state index in [1.165, 1.54) is 24.9 Å². The van der Waals surface area contributed by atoms with Gasteiger partial charge in [0.25, 0.3) is 0 Å². The Hall–Kier alpha value is -0.990. The lowest BCUT2D eigenvalue weighted by molar-refractivity contribution is 0.276. The van der Waals surface area contributed by atoms with Crippen LogP contribution in [0.5, 0.6) is 0 Å². The van der Waals surface area contributed by atoms with Crippen LogP contribution in [-0.2, 0) is 0 Å². The third kappa shape index (κ3) is 3.02. The number of hydrogen-bond acceptors (Lipinski definition) is 2. The molecular formula is C14H25N3. The van der Waals surface area contributed by atoms with E-state index < -0.39 is 0 Å². The maximum absolute atomic E-state index is 4.38. The molecule has 0 spiro atoms. The van der Waals surface area contributed by atoms with E-state index >= 15 is 0 Å². The molecule has 1 aromatic rings. The Balaban J connectivity index is 1.95. The first-order valence-electron chi connectivity index (χ1n) is 6.87. The summed E-state index contributed by atoms with van der Waals surface area (Å²) in [5.74, 6) is 1.66. The van der Waals surface area contributed by atoms with Gasteiger partial charge in [-0.3, -0.25) is 4.68 Å². The molecular weight excluding hydrogens is 210 g/mol. The molecule has 1 aliphatic rings. The Bertz CT molecular complexity index is 356. The number of aromatic nitrogens is 2. The minimum absolute atomic E-state index is 0.439. The molecule has 0 aromatic carbocycles. The standard InChI is InChI=1S/C14H25N3/c1-10(2)17-9-13(8-15-17)16-14-6-5-11(3)7-12(14)4/h8-12,14,16H,5-7H2,1-4H3. The molecule has 0 saturated heterocycles. The quantitative estimate of drug-likeness (QED) is 0.865. The maximum atomic E-state index is 4.38. The first-order chi connectivity index (χ1) is 8.06. The van der Waals surface area contributed by atoms with Gasteiger partial charge in [-0.15, -0.1) is 0 Å². The Kier molecular flexibility index (Phi) is 3.75. The maximum Gasteiger partial charge on any atom is 0.0728 e. The van der Waals surface area contributed by atoms with E-state index in [0.717, 1.165) is 11.8 Å². The molecule has 1 aromatic heterocycles. The van der Waals surface area contributed by atoms with Crippen molar-refractivity contribution in [2.45, 2.75) is 59.0 Å². The average molecular weight is 235 g/mol. The van der Waals surface area contributed by atoms with Crippen molar-refractivity contribution >= 4 is 5.69 Å². The Morgan fingerprint density at radius 3 is 2.71 bits per heavy atom. The predicted octanol–water partition coefficient (Wildman–Crippen LogP) is 3.70. The summed E-state index contributed by atoms with van der Waals surface area (Å²) in [5.41, 5.74) is 1.17. The van der Waals surface area contributed by atoms with Crippen molar-refractivity contribution in [2.24, 2.45) is 11.8 Å². The molecule has 17 heavy (non-hydrogen) atoms. The van der Waals surface area contributed by atoms with E-state index in [1.54, 1.807) is 0 Å². The molecule has 96 valence electrons. The molecule has 3 nitrogen and oxygen atoms in total. The summed E-state index contributed by atoms with van der Waals surface area (Å²) in [4.78, 5) is 0. The molecule has 0 amide bonds. The molecule has 0 bridgehead atoms. The fourth-order valence-corrected chi connectivity index (χ4v) is 2.79. The second-order valence-electron chi connectivity index (χ2n) is 5.95. The summed E-state index contributed by atoms with van der Waals surface area (Å²) in [6.07, 6.45) is 8.05. The average Bonchev–Trinajstić information content (AvgIpc) is 2.71. The van der Waals surface area contributed by atoms with Gasteiger partial charge in [0.1, 0.15) is 0 Å². The molecule has 2 rings (SSSR count). The number of nitrogens with zero attached hydrogens (tertiary/aromatic N) is 2. The number of hydrogen-bond donors (Lipinski definition) is 1. The van der Waals surface area contributed by atoms with Crippen LogP contribution < -0.4 is 5.32 Å². The van der Waals surface area contributed by atoms with Crippen molar-refractivity contribution in [3.05, 3.63) is 12.4 Å². The normalized spacial score (nSPS) is 29.6. The van der Waals surface area contributed by atoms with Gasteiger partial charge in [-0.1, -0.05) is 13.8 Å². The van der Waals surface area contributed by atoms with E-state index in [0.29, 0.717) is 12.1 Å². The minimum atomic E-state index is 0.439. The van der Waals surface area contributed by atoms with Crippen LogP contribution in [0.3, 0.4) is 0 Å². The third-order valence-corrected chi connectivity index (χ3v) is 3.91. The van der Waals surface area contributed by atoms with Crippen molar-refractivity contribution in [1.82, 2.24) is 9.78 Å². The summed E-state index contributed by atoms with van der Waals surface area (Å²) in [7, 11) is 0. The summed E-state index contributed by atoms with van der Waals surface area (Å²) in [6, 6.07) is 1.06. The van der Waals surface area contributed by atoms with Crippen LogP contribution in [0.4, 0.5) is 5.69 Å². The van der Waals surface area contributed by atoms with E-state index in [9.17, 15) is 0 Å². The van der Waals surface area contributed by atoms with Gasteiger partial charge in [0.15, 0.2) is 0 Å². The Morgan fingerprint density at radius 1 is 1.35 bits per heavy atom. The second kappa shape index (κ2) is 5.11. The van der Waals surface area contributed by atoms with Gasteiger partial charge in [0, 0.05) is 18.3 Å². The molecule has 1 N–H and O–H groups in total. The summed E-state index contributed by atoms with van der Waals surface area (Å²) >= 11 is 0. The van der Waals surface area contributed by atoms with E-state index in [-0.39, 0.29) is 0 Å². The molecule has 1 aliphatic carbocycles. The highest BCUT2D eigenvalue weighted by Crippen LogP contribution is 2.30. The van der Waals surface area contributed by atoms with Crippen LogP contribution >= 0.6 is 0 Å². The van der Waals surface area contributed by atoms with Crippen LogP contribution in [0.1, 0.15) is 53.0 Å². The van der Waals surface area contributed by atoms with Gasteiger partial charge in [-0.25, -0.2) is 0 Å². The molecule has 0 radical (unpaired) electrons. The fourth-order valence-electron chi connectivity index (χ4n) is 2.79. The van der Waals surface area contributed by atoms with E-state index in [1.807, 2.05) is 10.9 Å². The lowest BCUT2D eigenvalue weighted by Gasteiger charge is -2.33. The number of nitrogens with one attached hydrogen (secondary N) is 1. The Morgan fingerprint density at radius 2 is 2.12 bits per heavy atom. The van der Waals surface area contributed by atoms with E-state index in [4.69, 9.17) is 0 Å². The van der Waals surface area contributed by atoms with Crippen LogP contribution in [0.2, 0.25) is 0 Å². The smallest absolute Gasteiger partial charge is 0.0728 e. The van der Waals surface area contributed by atoms with Crippen LogP contribution in [0.15, 0.2) is 12.4 Å². The van der Waals surface area contributed by atoms with Crippen LogP contribution in [0, 0.1) is 11.8 Å². The van der Waals surface area contributed by atoms with Gasteiger partial charge in [-0.05, 0) is 44.9 Å². The van der Waals surface area contributed by atoms with Gasteiger partial charge < -0.3 is 5.32 Å². The van der Waals surface area contributed by atoms with Crippen molar-refractivity contribution in [3.8, 4) is 0 Å². The molecule has 0 aliphatic heterocycles. The van der Waals surface area contributed by atoms with Gasteiger partial charge in [0.2, 0.25) is 0 Å². The first kappa shape index (κ1) is 12.5. The van der Waals surface area contributed by atoms with Crippen LogP contribution in [0.25, 0.3) is 0 Å². The topological polar surface area (TPSA) is 29.9 Å². The predicted molar refractivity (Wildman–Crippen MR) is 72.2 cm³/mol. The zero-order valence-corrected chi connectivity index (χ0v) is 11.5. The molecule has 3 unspecified atom stereocenters. The summed E-state index contributed by atoms with van der Waals surface area (Å²) in [6.45, 7) is 9.03. The van der Waals surface area contributed by atoms with Crippen molar-refractivity contribution in [3.63, 3.8) is 0 Å². The number of anilines is 1. The lowest BCUT2D eigenvalue weighted by atomic mass is 9.80. The molecule has 1 saturated carbocycles. The second-order valence-corrected chi connectivity index (χ2v) is 5.95. The molecule has 1 heterocycles. The highest BCUT2D eigenvalue weighted by atomic mass is 15.3. The number of rotatable bonds is 3. The largest absolute Gasteiger partial charge is 0.380 e. The SMILES string of the molecule is CC1CCC(Nc2cnn(C(C)C)c2)C(C)C1. The van der Waals surface area contributed by atoms with E-state index in [2.05, 4.69) is 44.3 Å². The first-order valence-corrected chi connectivity index (χ1v) is 6.87. The van der Waals surface area contributed by atoms with Gasteiger partial charge in [0.05, 0.1) is 11.9 Å².